The number of halogens is 2. The molecule has 0 atom stereocenters. The van der Waals surface area contributed by atoms with Crippen molar-refractivity contribution < 1.29 is 13.6 Å². The quantitative estimate of drug-likeness (QED) is 0.604. The molecule has 0 aliphatic carbocycles. The number of carbonyl (C=O) groups is 1. The Balaban J connectivity index is 3.37. The lowest BCUT2D eigenvalue weighted by atomic mass is 10.0. The van der Waals surface area contributed by atoms with Gasteiger partial charge >= 0.3 is 0 Å². The highest BCUT2D eigenvalue weighted by molar-refractivity contribution is 5.76. The summed E-state index contributed by atoms with van der Waals surface area (Å²) in [5.41, 5.74) is -0.604. The Morgan fingerprint density at radius 3 is 2.11 bits per heavy atom. The largest absolute Gasteiger partial charge is 0.358 e. The summed E-state index contributed by atoms with van der Waals surface area (Å²) < 4.78 is 27.9. The first-order chi connectivity index (χ1) is 8.31. The molecule has 98 valence electrons. The van der Waals surface area contributed by atoms with Crippen LogP contribution in [0, 0.1) is 11.6 Å². The fourth-order valence-corrected chi connectivity index (χ4v) is 1.74. The van der Waals surface area contributed by atoms with Gasteiger partial charge in [-0.05, 0) is 32.9 Å². The van der Waals surface area contributed by atoms with Crippen molar-refractivity contribution in [2.75, 3.05) is 11.4 Å². The molecule has 2 nitrogen and oxygen atoms in total. The fourth-order valence-electron chi connectivity index (χ4n) is 1.74. The number of anilines is 1. The molecule has 0 radical (unpaired) electrons. The molecule has 0 heterocycles. The number of hydrogen-bond donors (Lipinski definition) is 0. The first-order valence-corrected chi connectivity index (χ1v) is 5.64. The van der Waals surface area contributed by atoms with Crippen LogP contribution < -0.4 is 4.90 Å². The van der Waals surface area contributed by atoms with E-state index in [1.165, 1.54) is 0 Å². The molecule has 0 aromatic heterocycles. The molecule has 0 bridgehead atoms. The molecule has 0 amide bonds. The Morgan fingerprint density at radius 1 is 1.28 bits per heavy atom. The third-order valence-electron chi connectivity index (χ3n) is 2.57. The normalized spacial score (nSPS) is 11.2. The summed E-state index contributed by atoms with van der Waals surface area (Å²) in [5.74, 6) is -1.48. The molecule has 1 rings (SSSR count). The van der Waals surface area contributed by atoms with Crippen molar-refractivity contribution in [1.29, 1.82) is 0 Å². The van der Waals surface area contributed by atoms with E-state index in [4.69, 9.17) is 0 Å². The van der Waals surface area contributed by atoms with Crippen LogP contribution in [0.1, 0.15) is 31.1 Å². The van der Waals surface area contributed by atoms with Crippen LogP contribution in [0.2, 0.25) is 0 Å². The first kappa shape index (κ1) is 14.4. The van der Waals surface area contributed by atoms with Crippen molar-refractivity contribution in [2.24, 2.45) is 0 Å². The highest BCUT2D eigenvalue weighted by Gasteiger charge is 2.26. The zero-order chi connectivity index (χ0) is 13.9. The summed E-state index contributed by atoms with van der Waals surface area (Å²) in [6.07, 6.45) is 2.00. The maximum Gasteiger partial charge on any atom is 0.150 e. The third-order valence-corrected chi connectivity index (χ3v) is 2.57. The molecule has 0 aliphatic rings. The second-order valence-electron chi connectivity index (χ2n) is 5.02. The zero-order valence-electron chi connectivity index (χ0n) is 10.8. The maximum absolute atomic E-state index is 13.9. The summed E-state index contributed by atoms with van der Waals surface area (Å²) >= 11 is 0. The SMILES string of the molecule is C=CCN(c1c(F)cc(C=O)cc1F)C(C)(C)C. The molecule has 1 aromatic carbocycles. The van der Waals surface area contributed by atoms with Crippen molar-refractivity contribution in [1.82, 2.24) is 0 Å². The van der Waals surface area contributed by atoms with E-state index in [1.807, 2.05) is 20.8 Å². The number of rotatable bonds is 4. The second-order valence-corrected chi connectivity index (χ2v) is 5.02. The molecule has 18 heavy (non-hydrogen) atoms. The third kappa shape index (κ3) is 2.94. The van der Waals surface area contributed by atoms with Gasteiger partial charge in [-0.1, -0.05) is 6.08 Å². The number of nitrogens with zero attached hydrogens (tertiary/aromatic N) is 1. The van der Waals surface area contributed by atoms with E-state index in [2.05, 4.69) is 6.58 Å². The Morgan fingerprint density at radius 2 is 1.78 bits per heavy atom. The van der Waals surface area contributed by atoms with Gasteiger partial charge in [0.25, 0.3) is 0 Å². The van der Waals surface area contributed by atoms with Crippen molar-refractivity contribution >= 4 is 12.0 Å². The highest BCUT2D eigenvalue weighted by atomic mass is 19.1. The molecule has 0 saturated heterocycles. The van der Waals surface area contributed by atoms with E-state index in [0.717, 1.165) is 12.1 Å². The zero-order valence-corrected chi connectivity index (χ0v) is 10.8. The summed E-state index contributed by atoms with van der Waals surface area (Å²) in [6, 6.07) is 2.07. The standard InChI is InChI=1S/C14H17F2NO/c1-5-6-17(14(2,3)4)13-11(15)7-10(9-18)8-12(13)16/h5,7-9H,1,6H2,2-4H3. The molecule has 0 aliphatic heterocycles. The molecule has 0 spiro atoms. The summed E-state index contributed by atoms with van der Waals surface area (Å²) in [7, 11) is 0. The fraction of sp³-hybridized carbons (Fsp3) is 0.357. The summed E-state index contributed by atoms with van der Waals surface area (Å²) in [6.45, 7) is 9.46. The number of carbonyl (C=O) groups excluding carboxylic acids is 1. The summed E-state index contributed by atoms with van der Waals surface area (Å²) in [4.78, 5) is 12.1. The van der Waals surface area contributed by atoms with Gasteiger partial charge in [0.2, 0.25) is 0 Å². The van der Waals surface area contributed by atoms with Crippen LogP contribution in [0.3, 0.4) is 0 Å². The van der Waals surface area contributed by atoms with Crippen molar-refractivity contribution in [2.45, 2.75) is 26.3 Å². The van der Waals surface area contributed by atoms with E-state index >= 15 is 0 Å². The van der Waals surface area contributed by atoms with E-state index < -0.39 is 17.2 Å². The van der Waals surface area contributed by atoms with Crippen LogP contribution in [0.4, 0.5) is 14.5 Å². The van der Waals surface area contributed by atoms with Crippen LogP contribution in [0.25, 0.3) is 0 Å². The molecular weight excluding hydrogens is 236 g/mol. The van der Waals surface area contributed by atoms with Crippen molar-refractivity contribution in [3.8, 4) is 0 Å². The van der Waals surface area contributed by atoms with E-state index in [9.17, 15) is 13.6 Å². The predicted molar refractivity (Wildman–Crippen MR) is 69.0 cm³/mol. The highest BCUT2D eigenvalue weighted by Crippen LogP contribution is 2.30. The van der Waals surface area contributed by atoms with Gasteiger partial charge in [0, 0.05) is 17.6 Å². The first-order valence-electron chi connectivity index (χ1n) is 5.64. The van der Waals surface area contributed by atoms with Crippen molar-refractivity contribution in [3.63, 3.8) is 0 Å². The van der Waals surface area contributed by atoms with Crippen LogP contribution in [-0.2, 0) is 0 Å². The minimum Gasteiger partial charge on any atom is -0.358 e. The average molecular weight is 253 g/mol. The molecule has 0 saturated carbocycles. The smallest absolute Gasteiger partial charge is 0.150 e. The van der Waals surface area contributed by atoms with Crippen molar-refractivity contribution in [3.05, 3.63) is 42.0 Å². The van der Waals surface area contributed by atoms with Crippen LogP contribution in [0.15, 0.2) is 24.8 Å². The summed E-state index contributed by atoms with van der Waals surface area (Å²) in [5, 5.41) is 0. The average Bonchev–Trinajstić information content (AvgIpc) is 2.25. The lowest BCUT2D eigenvalue weighted by molar-refractivity contribution is 0.112. The van der Waals surface area contributed by atoms with Gasteiger partial charge in [-0.3, -0.25) is 4.79 Å². The number of benzene rings is 1. The van der Waals surface area contributed by atoms with Gasteiger partial charge < -0.3 is 4.90 Å². The lowest BCUT2D eigenvalue weighted by Crippen LogP contribution is -2.42. The Hall–Kier alpha value is -1.71. The topological polar surface area (TPSA) is 20.3 Å². The van der Waals surface area contributed by atoms with Gasteiger partial charge in [-0.2, -0.15) is 0 Å². The molecule has 1 aromatic rings. The van der Waals surface area contributed by atoms with Gasteiger partial charge in [-0.15, -0.1) is 6.58 Å². The van der Waals surface area contributed by atoms with Crippen LogP contribution in [0.5, 0.6) is 0 Å². The van der Waals surface area contributed by atoms with Crippen LogP contribution in [-0.4, -0.2) is 18.4 Å². The maximum atomic E-state index is 13.9. The van der Waals surface area contributed by atoms with E-state index in [0.29, 0.717) is 12.8 Å². The Bertz CT molecular complexity index is 440. The minimum atomic E-state index is -0.742. The minimum absolute atomic E-state index is 0.0128. The molecular formula is C14H17F2NO. The Kier molecular flexibility index (Phi) is 4.22. The van der Waals surface area contributed by atoms with Gasteiger partial charge in [0.1, 0.15) is 23.6 Å². The molecule has 4 heteroatoms. The van der Waals surface area contributed by atoms with Gasteiger partial charge in [0.05, 0.1) is 0 Å². The van der Waals surface area contributed by atoms with E-state index in [1.54, 1.807) is 11.0 Å². The van der Waals surface area contributed by atoms with Gasteiger partial charge in [0.15, 0.2) is 0 Å². The van der Waals surface area contributed by atoms with E-state index in [-0.39, 0.29) is 11.3 Å². The van der Waals surface area contributed by atoms with Gasteiger partial charge in [-0.25, -0.2) is 8.78 Å². The predicted octanol–water partition coefficient (Wildman–Crippen LogP) is 3.57. The lowest BCUT2D eigenvalue weighted by Gasteiger charge is -2.37. The van der Waals surface area contributed by atoms with Crippen LogP contribution >= 0.6 is 0 Å². The number of aldehydes is 1. The number of hydrogen-bond acceptors (Lipinski definition) is 2. The molecule has 0 fully saturated rings. The second kappa shape index (κ2) is 5.29. The Labute approximate surface area is 106 Å². The molecule has 0 N–H and O–H groups in total. The molecule has 0 unspecified atom stereocenters. The monoisotopic (exact) mass is 253 g/mol.